The SMILES string of the molecule is O=C(C=Cc1ccc(F)cc1)Nc1nc(-c2cccc3ccccc23)cs1. The number of halogens is 1. The molecule has 0 fully saturated rings. The molecule has 1 aromatic heterocycles. The topological polar surface area (TPSA) is 42.0 Å². The molecule has 0 radical (unpaired) electrons. The molecule has 1 heterocycles. The summed E-state index contributed by atoms with van der Waals surface area (Å²) in [5.74, 6) is -0.585. The van der Waals surface area contributed by atoms with E-state index in [0.29, 0.717) is 5.13 Å². The van der Waals surface area contributed by atoms with Gasteiger partial charge in [-0.1, -0.05) is 54.6 Å². The van der Waals surface area contributed by atoms with E-state index in [1.807, 2.05) is 29.6 Å². The van der Waals surface area contributed by atoms with Crippen LogP contribution in [-0.4, -0.2) is 10.9 Å². The summed E-state index contributed by atoms with van der Waals surface area (Å²) in [5.41, 5.74) is 2.61. The number of thiazole rings is 1. The van der Waals surface area contributed by atoms with Crippen LogP contribution in [0.1, 0.15) is 5.56 Å². The Morgan fingerprint density at radius 2 is 1.78 bits per heavy atom. The number of anilines is 1. The lowest BCUT2D eigenvalue weighted by Crippen LogP contribution is -2.07. The standard InChI is InChI=1S/C22H15FN2OS/c23-17-11-8-15(9-12-17)10-13-21(26)25-22-24-20(14-27-22)19-7-3-5-16-4-1-2-6-18(16)19/h1-14H,(H,24,25,26). The molecule has 27 heavy (non-hydrogen) atoms. The van der Waals surface area contributed by atoms with E-state index < -0.39 is 0 Å². The van der Waals surface area contributed by atoms with Gasteiger partial charge in [-0.05, 0) is 34.5 Å². The Morgan fingerprint density at radius 3 is 2.63 bits per heavy atom. The van der Waals surface area contributed by atoms with E-state index in [-0.39, 0.29) is 11.7 Å². The molecule has 0 unspecified atom stereocenters. The predicted molar refractivity (Wildman–Crippen MR) is 109 cm³/mol. The number of nitrogens with zero attached hydrogens (tertiary/aromatic N) is 1. The van der Waals surface area contributed by atoms with Gasteiger partial charge < -0.3 is 0 Å². The second kappa shape index (κ2) is 7.51. The highest BCUT2D eigenvalue weighted by Gasteiger charge is 2.09. The minimum Gasteiger partial charge on any atom is -0.298 e. The zero-order valence-electron chi connectivity index (χ0n) is 14.2. The first kappa shape index (κ1) is 17.1. The number of carbonyl (C=O) groups excluding carboxylic acids is 1. The van der Waals surface area contributed by atoms with Gasteiger partial charge in [-0.2, -0.15) is 0 Å². The van der Waals surface area contributed by atoms with Crippen LogP contribution in [0, 0.1) is 5.82 Å². The van der Waals surface area contributed by atoms with Gasteiger partial charge in [0.1, 0.15) is 5.82 Å². The molecule has 3 aromatic carbocycles. The lowest BCUT2D eigenvalue weighted by molar-refractivity contribution is -0.111. The molecule has 0 aliphatic heterocycles. The quantitative estimate of drug-likeness (QED) is 0.462. The molecular formula is C22H15FN2OS. The van der Waals surface area contributed by atoms with Gasteiger partial charge in [0.2, 0.25) is 5.91 Å². The Balaban J connectivity index is 1.51. The summed E-state index contributed by atoms with van der Waals surface area (Å²) in [6, 6.07) is 20.2. The first-order chi connectivity index (χ1) is 13.2. The van der Waals surface area contributed by atoms with Crippen molar-refractivity contribution in [2.24, 2.45) is 0 Å². The molecule has 4 aromatic rings. The number of carbonyl (C=O) groups is 1. The maximum atomic E-state index is 12.9. The number of nitrogens with one attached hydrogen (secondary N) is 1. The van der Waals surface area contributed by atoms with Crippen LogP contribution in [0.5, 0.6) is 0 Å². The summed E-state index contributed by atoms with van der Waals surface area (Å²) >= 11 is 1.38. The Hall–Kier alpha value is -3.31. The molecule has 0 spiro atoms. The van der Waals surface area contributed by atoms with Crippen LogP contribution in [0.2, 0.25) is 0 Å². The molecule has 1 amide bonds. The van der Waals surface area contributed by atoms with E-state index in [9.17, 15) is 9.18 Å². The second-order valence-corrected chi connectivity index (χ2v) is 6.80. The zero-order chi connectivity index (χ0) is 18.6. The van der Waals surface area contributed by atoms with Crippen molar-refractivity contribution in [2.75, 3.05) is 5.32 Å². The fraction of sp³-hybridized carbons (Fsp3) is 0. The maximum absolute atomic E-state index is 12.9. The van der Waals surface area contributed by atoms with Crippen LogP contribution in [0.4, 0.5) is 9.52 Å². The first-order valence-electron chi connectivity index (χ1n) is 8.37. The number of fused-ring (bicyclic) bond motifs is 1. The van der Waals surface area contributed by atoms with Crippen molar-refractivity contribution in [1.29, 1.82) is 0 Å². The van der Waals surface area contributed by atoms with Gasteiger partial charge in [-0.3, -0.25) is 10.1 Å². The summed E-state index contributed by atoms with van der Waals surface area (Å²) in [7, 11) is 0. The highest BCUT2D eigenvalue weighted by atomic mass is 32.1. The van der Waals surface area contributed by atoms with E-state index in [4.69, 9.17) is 0 Å². The monoisotopic (exact) mass is 374 g/mol. The van der Waals surface area contributed by atoms with Gasteiger partial charge in [0, 0.05) is 17.0 Å². The van der Waals surface area contributed by atoms with Crippen LogP contribution in [-0.2, 0) is 4.79 Å². The lowest BCUT2D eigenvalue weighted by atomic mass is 10.0. The van der Waals surface area contributed by atoms with Gasteiger partial charge in [0.25, 0.3) is 0 Å². The molecule has 5 heteroatoms. The third kappa shape index (κ3) is 3.93. The summed E-state index contributed by atoms with van der Waals surface area (Å²) in [5, 5.41) is 7.51. The number of hydrogen-bond donors (Lipinski definition) is 1. The molecule has 132 valence electrons. The van der Waals surface area contributed by atoms with E-state index in [1.165, 1.54) is 29.5 Å². The third-order valence-electron chi connectivity index (χ3n) is 4.10. The molecular weight excluding hydrogens is 359 g/mol. The van der Waals surface area contributed by atoms with Crippen molar-refractivity contribution in [3.8, 4) is 11.3 Å². The van der Waals surface area contributed by atoms with Crippen LogP contribution in [0.15, 0.2) is 78.2 Å². The molecule has 0 bridgehead atoms. The highest BCUT2D eigenvalue weighted by Crippen LogP contribution is 2.30. The third-order valence-corrected chi connectivity index (χ3v) is 4.85. The number of amides is 1. The van der Waals surface area contributed by atoms with Gasteiger partial charge in [-0.25, -0.2) is 9.37 Å². The Bertz CT molecular complexity index is 1130. The summed E-state index contributed by atoms with van der Waals surface area (Å²) in [4.78, 5) is 16.6. The van der Waals surface area contributed by atoms with Crippen molar-refractivity contribution >= 4 is 39.2 Å². The van der Waals surface area contributed by atoms with Gasteiger partial charge >= 0.3 is 0 Å². The molecule has 0 saturated carbocycles. The smallest absolute Gasteiger partial charge is 0.250 e. The molecule has 0 atom stereocenters. The van der Waals surface area contributed by atoms with Crippen LogP contribution in [0.25, 0.3) is 28.1 Å². The normalized spacial score (nSPS) is 11.1. The summed E-state index contributed by atoms with van der Waals surface area (Å²) in [6.45, 7) is 0. The molecule has 0 saturated heterocycles. The van der Waals surface area contributed by atoms with Crippen LogP contribution in [0.3, 0.4) is 0 Å². The molecule has 0 aliphatic carbocycles. The fourth-order valence-corrected chi connectivity index (χ4v) is 3.51. The minimum absolute atomic E-state index is 0.279. The average Bonchev–Trinajstić information content (AvgIpc) is 3.15. The molecule has 0 aliphatic rings. The largest absolute Gasteiger partial charge is 0.298 e. The van der Waals surface area contributed by atoms with E-state index >= 15 is 0 Å². The van der Waals surface area contributed by atoms with Crippen LogP contribution >= 0.6 is 11.3 Å². The van der Waals surface area contributed by atoms with Gasteiger partial charge in [0.15, 0.2) is 5.13 Å². The van der Waals surface area contributed by atoms with E-state index in [2.05, 4.69) is 28.5 Å². The van der Waals surface area contributed by atoms with Gasteiger partial charge in [-0.15, -0.1) is 11.3 Å². The Labute approximate surface area is 159 Å². The number of benzene rings is 3. The summed E-state index contributed by atoms with van der Waals surface area (Å²) < 4.78 is 12.9. The van der Waals surface area contributed by atoms with Crippen molar-refractivity contribution in [2.45, 2.75) is 0 Å². The molecule has 4 rings (SSSR count). The fourth-order valence-electron chi connectivity index (χ4n) is 2.80. The number of aromatic nitrogens is 1. The number of hydrogen-bond acceptors (Lipinski definition) is 3. The van der Waals surface area contributed by atoms with Crippen LogP contribution < -0.4 is 5.32 Å². The summed E-state index contributed by atoms with van der Waals surface area (Å²) in [6.07, 6.45) is 3.04. The Kier molecular flexibility index (Phi) is 4.77. The zero-order valence-corrected chi connectivity index (χ0v) is 15.0. The van der Waals surface area contributed by atoms with Crippen molar-refractivity contribution in [3.05, 3.63) is 89.6 Å². The van der Waals surface area contributed by atoms with Crippen molar-refractivity contribution < 1.29 is 9.18 Å². The molecule has 3 nitrogen and oxygen atoms in total. The predicted octanol–water partition coefficient (Wildman–Crippen LogP) is 5.75. The maximum Gasteiger partial charge on any atom is 0.250 e. The number of rotatable bonds is 4. The van der Waals surface area contributed by atoms with Crippen molar-refractivity contribution in [3.63, 3.8) is 0 Å². The minimum atomic E-state index is -0.305. The Morgan fingerprint density at radius 1 is 1.00 bits per heavy atom. The van der Waals surface area contributed by atoms with E-state index in [1.54, 1.807) is 18.2 Å². The lowest BCUT2D eigenvalue weighted by Gasteiger charge is -2.03. The first-order valence-corrected chi connectivity index (χ1v) is 9.25. The van der Waals surface area contributed by atoms with Crippen molar-refractivity contribution in [1.82, 2.24) is 4.98 Å². The van der Waals surface area contributed by atoms with Gasteiger partial charge in [0.05, 0.1) is 5.69 Å². The average molecular weight is 374 g/mol. The second-order valence-electron chi connectivity index (χ2n) is 5.94. The molecule has 1 N–H and O–H groups in total. The highest BCUT2D eigenvalue weighted by molar-refractivity contribution is 7.14. The van der Waals surface area contributed by atoms with E-state index in [0.717, 1.165) is 27.6 Å².